The first-order valence-electron chi connectivity index (χ1n) is 12.0. The van der Waals surface area contributed by atoms with E-state index in [4.69, 9.17) is 4.42 Å². The van der Waals surface area contributed by atoms with Crippen molar-refractivity contribution in [2.45, 2.75) is 0 Å². The molecule has 1 aliphatic carbocycles. The molecule has 0 radical (unpaired) electrons. The van der Waals surface area contributed by atoms with Crippen LogP contribution in [0.1, 0.15) is 36.9 Å². The van der Waals surface area contributed by atoms with Gasteiger partial charge in [0.1, 0.15) is 5.82 Å². The number of aromatic nitrogens is 3. The van der Waals surface area contributed by atoms with Crippen molar-refractivity contribution in [2.24, 2.45) is 0 Å². The number of hydrogen-bond acceptors (Lipinski definition) is 6. The van der Waals surface area contributed by atoms with Crippen molar-refractivity contribution in [3.8, 4) is 11.5 Å². The van der Waals surface area contributed by atoms with Crippen molar-refractivity contribution in [1.29, 1.82) is 0 Å². The summed E-state index contributed by atoms with van der Waals surface area (Å²) < 4.78 is 7.18. The Bertz CT molecular complexity index is 1910. The Morgan fingerprint density at radius 2 is 1.32 bits per heavy atom. The van der Waals surface area contributed by atoms with Crippen molar-refractivity contribution in [3.05, 3.63) is 125 Å². The van der Waals surface area contributed by atoms with Crippen LogP contribution >= 0.6 is 0 Å². The maximum absolute atomic E-state index is 13.6. The lowest BCUT2D eigenvalue weighted by Crippen LogP contribution is -2.15. The van der Waals surface area contributed by atoms with E-state index in [1.165, 1.54) is 10.6 Å². The molecule has 0 spiro atoms. The third-order valence-electron chi connectivity index (χ3n) is 6.63. The molecule has 7 heteroatoms. The van der Waals surface area contributed by atoms with Gasteiger partial charge in [-0.1, -0.05) is 60.7 Å². The quantitative estimate of drug-likeness (QED) is 0.221. The third kappa shape index (κ3) is 3.33. The summed E-state index contributed by atoms with van der Waals surface area (Å²) in [5.41, 5.74) is 2.06. The zero-order valence-corrected chi connectivity index (χ0v) is 19.8. The van der Waals surface area contributed by atoms with E-state index in [2.05, 4.69) is 9.97 Å². The summed E-state index contributed by atoms with van der Waals surface area (Å²) in [6.45, 7) is 0. The van der Waals surface area contributed by atoms with Crippen LogP contribution < -0.4 is 0 Å². The lowest BCUT2D eigenvalue weighted by Gasteiger charge is -2.05. The molecule has 0 bridgehead atoms. The molecule has 0 atom stereocenters. The standard InChI is InChI=1S/C31H17N3O4/c35-26-22-15-20-13-7-8-14-21(20)16-23(22)27(36)24(26)17-25-32-30-28(33-29(38-30)18-9-3-1-4-10-18)34(25)31(37)19-11-5-2-6-12-19/h1-17H. The Morgan fingerprint density at radius 1 is 0.737 bits per heavy atom. The predicted molar refractivity (Wildman–Crippen MR) is 142 cm³/mol. The lowest BCUT2D eigenvalue weighted by molar-refractivity contribution is 0.0956. The third-order valence-corrected chi connectivity index (χ3v) is 6.63. The molecule has 0 saturated carbocycles. The van der Waals surface area contributed by atoms with E-state index in [0.717, 1.165) is 16.3 Å². The Kier molecular flexibility index (Phi) is 4.77. The van der Waals surface area contributed by atoms with E-state index in [9.17, 15) is 14.4 Å². The highest BCUT2D eigenvalue weighted by atomic mass is 16.4. The smallest absolute Gasteiger partial charge is 0.267 e. The minimum absolute atomic E-state index is 0.0617. The van der Waals surface area contributed by atoms with E-state index >= 15 is 0 Å². The van der Waals surface area contributed by atoms with Gasteiger partial charge in [-0.2, -0.15) is 9.97 Å². The van der Waals surface area contributed by atoms with Crippen LogP contribution in [0.15, 0.2) is 107 Å². The van der Waals surface area contributed by atoms with Crippen LogP contribution in [0.4, 0.5) is 0 Å². The molecule has 6 aromatic rings. The van der Waals surface area contributed by atoms with Gasteiger partial charge in [-0.25, -0.2) is 4.57 Å². The maximum atomic E-state index is 13.6. The maximum Gasteiger partial charge on any atom is 0.267 e. The summed E-state index contributed by atoms with van der Waals surface area (Å²) in [6.07, 6.45) is 1.36. The number of allylic oxidation sites excluding steroid dienone is 1. The van der Waals surface area contributed by atoms with E-state index in [-0.39, 0.29) is 22.8 Å². The number of fused-ring (bicyclic) bond motifs is 3. The Balaban J connectivity index is 1.40. The summed E-state index contributed by atoms with van der Waals surface area (Å²) in [5, 5.41) is 1.73. The fourth-order valence-electron chi connectivity index (χ4n) is 4.77. The number of oxazole rings is 1. The van der Waals surface area contributed by atoms with Crippen LogP contribution in [0.2, 0.25) is 0 Å². The summed E-state index contributed by atoms with van der Waals surface area (Å²) in [4.78, 5) is 49.4. The summed E-state index contributed by atoms with van der Waals surface area (Å²) >= 11 is 0. The van der Waals surface area contributed by atoms with Crippen LogP contribution in [-0.4, -0.2) is 32.0 Å². The van der Waals surface area contributed by atoms with E-state index < -0.39 is 17.5 Å². The van der Waals surface area contributed by atoms with Crippen molar-refractivity contribution in [3.63, 3.8) is 0 Å². The molecular formula is C31H17N3O4. The minimum atomic E-state index is -0.410. The van der Waals surface area contributed by atoms with Crippen LogP contribution in [0.3, 0.4) is 0 Å². The zero-order chi connectivity index (χ0) is 25.8. The van der Waals surface area contributed by atoms with Gasteiger partial charge in [0.25, 0.3) is 11.6 Å². The van der Waals surface area contributed by atoms with Gasteiger partial charge in [-0.15, -0.1) is 0 Å². The molecule has 2 aromatic heterocycles. The van der Waals surface area contributed by atoms with Gasteiger partial charge in [0.15, 0.2) is 11.6 Å². The highest BCUT2D eigenvalue weighted by Crippen LogP contribution is 2.33. The topological polar surface area (TPSA) is 95.1 Å². The van der Waals surface area contributed by atoms with Crippen LogP contribution in [0, 0.1) is 0 Å². The molecule has 4 aromatic carbocycles. The molecule has 0 saturated heterocycles. The van der Waals surface area contributed by atoms with Crippen LogP contribution in [0.5, 0.6) is 0 Å². The molecule has 0 aliphatic heterocycles. The number of hydrogen-bond donors (Lipinski definition) is 0. The highest BCUT2D eigenvalue weighted by Gasteiger charge is 2.34. The Labute approximate surface area is 215 Å². The van der Waals surface area contributed by atoms with E-state index in [0.29, 0.717) is 22.6 Å². The first-order valence-corrected chi connectivity index (χ1v) is 12.0. The molecular weight excluding hydrogens is 478 g/mol. The summed E-state index contributed by atoms with van der Waals surface area (Å²) in [7, 11) is 0. The van der Waals surface area contributed by atoms with Crippen molar-refractivity contribution < 1.29 is 18.8 Å². The second kappa shape index (κ2) is 8.31. The fourth-order valence-corrected chi connectivity index (χ4v) is 4.77. The largest absolute Gasteiger partial charge is 0.416 e. The molecule has 1 aliphatic rings. The van der Waals surface area contributed by atoms with Gasteiger partial charge < -0.3 is 4.42 Å². The number of carbonyl (C=O) groups is 3. The van der Waals surface area contributed by atoms with Crippen LogP contribution in [0.25, 0.3) is 39.7 Å². The second-order valence-corrected chi connectivity index (χ2v) is 8.95. The fraction of sp³-hybridized carbons (Fsp3) is 0. The number of imidazole rings is 1. The van der Waals surface area contributed by atoms with Gasteiger partial charge >= 0.3 is 0 Å². The van der Waals surface area contributed by atoms with Gasteiger partial charge in [0, 0.05) is 22.3 Å². The van der Waals surface area contributed by atoms with Crippen molar-refractivity contribution in [1.82, 2.24) is 14.5 Å². The summed E-state index contributed by atoms with van der Waals surface area (Å²) in [6, 6.07) is 28.9. The normalized spacial score (nSPS) is 12.9. The molecule has 7 rings (SSSR count). The van der Waals surface area contributed by atoms with Crippen molar-refractivity contribution in [2.75, 3.05) is 0 Å². The molecule has 2 heterocycles. The molecule has 180 valence electrons. The van der Waals surface area contributed by atoms with E-state index in [1.54, 1.807) is 36.4 Å². The summed E-state index contributed by atoms with van der Waals surface area (Å²) in [5.74, 6) is -0.828. The Morgan fingerprint density at radius 3 is 1.95 bits per heavy atom. The zero-order valence-electron chi connectivity index (χ0n) is 19.8. The second-order valence-electron chi connectivity index (χ2n) is 8.95. The lowest BCUT2D eigenvalue weighted by atomic mass is 10.0. The van der Waals surface area contributed by atoms with Crippen molar-refractivity contribution >= 4 is 45.7 Å². The average molecular weight is 495 g/mol. The SMILES string of the molecule is O=C1C(=Cc2nc3oc(-c4ccccc4)nc3n2C(=O)c2ccccc2)C(=O)c2cc3ccccc3cc21. The van der Waals surface area contributed by atoms with E-state index in [1.807, 2.05) is 60.7 Å². The predicted octanol–water partition coefficient (Wildman–Crippen LogP) is 6.00. The first kappa shape index (κ1) is 21.8. The molecule has 7 nitrogen and oxygen atoms in total. The molecule has 0 unspecified atom stereocenters. The van der Waals surface area contributed by atoms with Gasteiger partial charge in [0.2, 0.25) is 11.5 Å². The molecule has 38 heavy (non-hydrogen) atoms. The van der Waals surface area contributed by atoms with Gasteiger partial charge in [-0.3, -0.25) is 14.4 Å². The molecule has 0 fully saturated rings. The number of nitrogens with zero attached hydrogens (tertiary/aromatic N) is 3. The Hall–Kier alpha value is -5.43. The first-order chi connectivity index (χ1) is 18.6. The molecule has 0 N–H and O–H groups in total. The average Bonchev–Trinajstić information content (AvgIpc) is 3.59. The number of benzene rings is 4. The molecule has 0 amide bonds. The monoisotopic (exact) mass is 495 g/mol. The number of Topliss-reactive ketones (excluding diaryl/α,β-unsaturated/α-hetero) is 2. The number of carbonyl (C=O) groups excluding carboxylic acids is 3. The van der Waals surface area contributed by atoms with Gasteiger partial charge in [-0.05, 0) is 53.2 Å². The highest BCUT2D eigenvalue weighted by molar-refractivity contribution is 6.42. The van der Waals surface area contributed by atoms with Gasteiger partial charge in [0.05, 0.1) is 5.57 Å². The number of rotatable bonds is 3. The number of ketones is 2. The minimum Gasteiger partial charge on any atom is -0.416 e. The van der Waals surface area contributed by atoms with Crippen LogP contribution in [-0.2, 0) is 0 Å².